The van der Waals surface area contributed by atoms with Crippen LogP contribution >= 0.6 is 0 Å². The first-order valence-electron chi connectivity index (χ1n) is 11.1. The molecule has 10 nitrogen and oxygen atoms in total. The van der Waals surface area contributed by atoms with Gasteiger partial charge in [0.05, 0.1) is 19.3 Å². The van der Waals surface area contributed by atoms with E-state index in [2.05, 4.69) is 6.08 Å². The first kappa shape index (κ1) is 25.0. The van der Waals surface area contributed by atoms with Crippen LogP contribution in [0.15, 0.2) is 12.2 Å². The van der Waals surface area contributed by atoms with Crippen LogP contribution in [0.3, 0.4) is 0 Å². The average molecular weight is 449 g/mol. The summed E-state index contributed by atoms with van der Waals surface area (Å²) in [6.07, 6.45) is -3.07. The number of ether oxygens (including phenoxy) is 3. The number of hydrogen-bond donors (Lipinski definition) is 7. The molecule has 0 aromatic rings. The predicted molar refractivity (Wildman–Crippen MR) is 107 cm³/mol. The Hall–Kier alpha value is -0.660. The van der Waals surface area contributed by atoms with Gasteiger partial charge in [-0.25, -0.2) is 0 Å². The third kappa shape index (κ3) is 5.83. The van der Waals surface area contributed by atoms with Crippen molar-refractivity contribution in [1.82, 2.24) is 0 Å². The molecular formula is C21H36O10. The molecule has 0 spiro atoms. The Morgan fingerprint density at radius 3 is 1.97 bits per heavy atom. The Labute approximate surface area is 181 Å². The van der Waals surface area contributed by atoms with Gasteiger partial charge in [-0.15, -0.1) is 0 Å². The first-order chi connectivity index (χ1) is 14.9. The van der Waals surface area contributed by atoms with E-state index in [0.29, 0.717) is 12.3 Å². The molecule has 0 radical (unpaired) electrons. The lowest BCUT2D eigenvalue weighted by atomic mass is 9.88. The molecule has 180 valence electrons. The maximum Gasteiger partial charge on any atom is 0.187 e. The average Bonchev–Trinajstić information content (AvgIpc) is 2.78. The van der Waals surface area contributed by atoms with Crippen LogP contribution in [0, 0.1) is 5.92 Å². The highest BCUT2D eigenvalue weighted by Gasteiger charge is 2.50. The van der Waals surface area contributed by atoms with E-state index in [1.807, 2.05) is 6.08 Å². The second kappa shape index (κ2) is 11.5. The van der Waals surface area contributed by atoms with Crippen molar-refractivity contribution < 1.29 is 50.0 Å². The van der Waals surface area contributed by atoms with Crippen LogP contribution in [-0.2, 0) is 14.2 Å². The van der Waals surface area contributed by atoms with Crippen molar-refractivity contribution in [2.24, 2.45) is 5.92 Å². The van der Waals surface area contributed by atoms with Crippen LogP contribution in [-0.4, -0.2) is 110 Å². The van der Waals surface area contributed by atoms with Crippen molar-refractivity contribution in [1.29, 1.82) is 0 Å². The van der Waals surface area contributed by atoms with Gasteiger partial charge >= 0.3 is 0 Å². The van der Waals surface area contributed by atoms with Gasteiger partial charge in [0.1, 0.15) is 48.8 Å². The molecule has 3 aliphatic rings. The molecule has 2 heterocycles. The summed E-state index contributed by atoms with van der Waals surface area (Å²) in [6, 6.07) is 0. The molecular weight excluding hydrogens is 412 g/mol. The minimum Gasteiger partial charge on any atom is -0.394 e. The molecule has 10 atom stereocenters. The quantitative estimate of drug-likeness (QED) is 0.220. The van der Waals surface area contributed by atoms with Crippen LogP contribution in [0.4, 0.5) is 0 Å². The Kier molecular flexibility index (Phi) is 9.23. The fraction of sp³-hybridized carbons (Fsp3) is 0.905. The van der Waals surface area contributed by atoms with Gasteiger partial charge in [-0.3, -0.25) is 0 Å². The molecule has 2 saturated heterocycles. The number of allylic oxidation sites excluding steroid dienone is 1. The van der Waals surface area contributed by atoms with Crippen molar-refractivity contribution >= 4 is 0 Å². The summed E-state index contributed by atoms with van der Waals surface area (Å²) >= 11 is 0. The lowest BCUT2D eigenvalue weighted by molar-refractivity contribution is -0.341. The van der Waals surface area contributed by atoms with Gasteiger partial charge in [0.15, 0.2) is 6.29 Å². The van der Waals surface area contributed by atoms with E-state index in [-0.39, 0.29) is 0 Å². The molecule has 2 aliphatic heterocycles. The predicted octanol–water partition coefficient (Wildman–Crippen LogP) is -1.82. The smallest absolute Gasteiger partial charge is 0.187 e. The topological polar surface area (TPSA) is 169 Å². The number of hydrogen-bond acceptors (Lipinski definition) is 10. The Morgan fingerprint density at radius 1 is 0.710 bits per heavy atom. The van der Waals surface area contributed by atoms with E-state index in [1.165, 1.54) is 19.3 Å². The third-order valence-electron chi connectivity index (χ3n) is 6.53. The van der Waals surface area contributed by atoms with Gasteiger partial charge < -0.3 is 50.0 Å². The summed E-state index contributed by atoms with van der Waals surface area (Å²) in [5.74, 6) is 0.495. The van der Waals surface area contributed by atoms with Gasteiger partial charge in [-0.05, 0) is 25.2 Å². The zero-order chi connectivity index (χ0) is 22.5. The van der Waals surface area contributed by atoms with E-state index in [1.54, 1.807) is 0 Å². The van der Waals surface area contributed by atoms with Gasteiger partial charge in [0.2, 0.25) is 0 Å². The van der Waals surface area contributed by atoms with E-state index in [0.717, 1.165) is 12.8 Å². The second-order valence-corrected chi connectivity index (χ2v) is 8.74. The lowest BCUT2D eigenvalue weighted by Crippen LogP contribution is -2.64. The van der Waals surface area contributed by atoms with Gasteiger partial charge in [0.25, 0.3) is 0 Å². The molecule has 0 aromatic heterocycles. The van der Waals surface area contributed by atoms with E-state index >= 15 is 0 Å². The summed E-state index contributed by atoms with van der Waals surface area (Å²) in [7, 11) is 0. The maximum absolute atomic E-state index is 10.8. The number of rotatable bonds is 7. The highest BCUT2D eigenvalue weighted by molar-refractivity contribution is 4.99. The minimum absolute atomic E-state index is 0.343. The van der Waals surface area contributed by atoms with Crippen LogP contribution in [0.2, 0.25) is 0 Å². The Bertz CT molecular complexity index is 566. The molecule has 7 N–H and O–H groups in total. The molecule has 1 saturated carbocycles. The molecule has 0 aromatic carbocycles. The standard InChI is InChI=1S/C21H36O10/c22-9-13-15(24)18(27)19(28)21(30-13)31-20-16(25)12(29-14(10-23)17(20)26)8-4-7-11-5-2-1-3-6-11/h4,7,11-28H,1-3,5-6,8-10H2/b7-4+/t12-,13-,14-,15-,16+,17+,18+,19+,20-,21-/m1/s1. The van der Waals surface area contributed by atoms with Crippen molar-refractivity contribution in [3.63, 3.8) is 0 Å². The fourth-order valence-electron chi connectivity index (χ4n) is 4.58. The van der Waals surface area contributed by atoms with Crippen molar-refractivity contribution in [2.45, 2.75) is 99.8 Å². The summed E-state index contributed by atoms with van der Waals surface area (Å²) in [5.41, 5.74) is 0. The van der Waals surface area contributed by atoms with E-state index < -0.39 is 74.4 Å². The molecule has 3 rings (SSSR count). The molecule has 10 heteroatoms. The van der Waals surface area contributed by atoms with E-state index in [9.17, 15) is 35.7 Å². The summed E-state index contributed by atoms with van der Waals surface area (Å²) in [6.45, 7) is -1.14. The molecule has 0 unspecified atom stereocenters. The summed E-state index contributed by atoms with van der Waals surface area (Å²) in [4.78, 5) is 0. The zero-order valence-corrected chi connectivity index (χ0v) is 17.5. The zero-order valence-electron chi connectivity index (χ0n) is 17.5. The Balaban J connectivity index is 1.66. The minimum atomic E-state index is -1.67. The molecule has 1 aliphatic carbocycles. The van der Waals surface area contributed by atoms with Crippen LogP contribution in [0.5, 0.6) is 0 Å². The van der Waals surface area contributed by atoms with Crippen LogP contribution in [0.25, 0.3) is 0 Å². The van der Waals surface area contributed by atoms with Gasteiger partial charge in [0, 0.05) is 0 Å². The van der Waals surface area contributed by atoms with Crippen LogP contribution in [0.1, 0.15) is 38.5 Å². The molecule has 0 bridgehead atoms. The third-order valence-corrected chi connectivity index (χ3v) is 6.53. The molecule has 31 heavy (non-hydrogen) atoms. The first-order valence-corrected chi connectivity index (χ1v) is 11.1. The summed E-state index contributed by atoms with van der Waals surface area (Å²) in [5, 5.41) is 70.3. The maximum atomic E-state index is 10.8. The van der Waals surface area contributed by atoms with Crippen molar-refractivity contribution in [2.75, 3.05) is 13.2 Å². The molecule has 3 fully saturated rings. The highest BCUT2D eigenvalue weighted by Crippen LogP contribution is 2.31. The Morgan fingerprint density at radius 2 is 1.32 bits per heavy atom. The SMILES string of the molecule is OC[C@H]1O[C@H](C/C=C/C2CCCCC2)[C@H](O)[C@@H](O[C@H]2O[C@H](CO)[C@@H](O)[C@H](O)[C@@H]2O)[C@H]1O. The number of aliphatic hydroxyl groups excluding tert-OH is 7. The van der Waals surface area contributed by atoms with Gasteiger partial charge in [-0.1, -0.05) is 31.4 Å². The van der Waals surface area contributed by atoms with Crippen molar-refractivity contribution in [3.05, 3.63) is 12.2 Å². The largest absolute Gasteiger partial charge is 0.394 e. The fourth-order valence-corrected chi connectivity index (χ4v) is 4.58. The van der Waals surface area contributed by atoms with Gasteiger partial charge in [-0.2, -0.15) is 0 Å². The highest BCUT2D eigenvalue weighted by atomic mass is 16.7. The number of aliphatic hydroxyl groups is 7. The summed E-state index contributed by atoms with van der Waals surface area (Å²) < 4.78 is 16.6. The second-order valence-electron chi connectivity index (χ2n) is 8.74. The van der Waals surface area contributed by atoms with Crippen LogP contribution < -0.4 is 0 Å². The normalized spacial score (nSPS) is 45.3. The lowest BCUT2D eigenvalue weighted by Gasteiger charge is -2.46. The molecule has 0 amide bonds. The van der Waals surface area contributed by atoms with E-state index in [4.69, 9.17) is 14.2 Å². The van der Waals surface area contributed by atoms with Crippen molar-refractivity contribution in [3.8, 4) is 0 Å². The monoisotopic (exact) mass is 448 g/mol.